The van der Waals surface area contributed by atoms with Crippen molar-refractivity contribution in [3.05, 3.63) is 30.1 Å². The fourth-order valence-electron chi connectivity index (χ4n) is 2.64. The summed E-state index contributed by atoms with van der Waals surface area (Å²) in [4.78, 5) is 17.2. The van der Waals surface area contributed by atoms with Crippen molar-refractivity contribution in [3.63, 3.8) is 0 Å². The van der Waals surface area contributed by atoms with Crippen LogP contribution in [-0.4, -0.2) is 27.5 Å². The third kappa shape index (κ3) is 3.00. The van der Waals surface area contributed by atoms with E-state index in [0.29, 0.717) is 19.4 Å². The Labute approximate surface area is 126 Å². The van der Waals surface area contributed by atoms with Gasteiger partial charge in [0.25, 0.3) is 0 Å². The smallest absolute Gasteiger partial charge is 0.171 e. The molecular weight excluding hydrogens is 264 g/mol. The fraction of sp³-hybridized carbons (Fsp3) is 0.529. The summed E-state index contributed by atoms with van der Waals surface area (Å²) >= 11 is 0. The molecule has 0 aliphatic carbocycles. The molecule has 0 spiro atoms. The second kappa shape index (κ2) is 6.39. The van der Waals surface area contributed by atoms with Crippen molar-refractivity contribution in [1.29, 1.82) is 0 Å². The number of carbonyl (C=O) groups excluding carboxylic acids is 1. The molecule has 114 valence electrons. The first kappa shape index (κ1) is 15.7. The van der Waals surface area contributed by atoms with Gasteiger partial charge >= 0.3 is 0 Å². The maximum absolute atomic E-state index is 12.6. The summed E-state index contributed by atoms with van der Waals surface area (Å²) in [5.41, 5.74) is 1.31. The van der Waals surface area contributed by atoms with Gasteiger partial charge in [0.05, 0.1) is 17.5 Å². The van der Waals surface area contributed by atoms with Gasteiger partial charge in [-0.15, -0.1) is 0 Å². The van der Waals surface area contributed by atoms with Crippen molar-refractivity contribution in [2.45, 2.75) is 52.7 Å². The Morgan fingerprint density at radius 3 is 2.62 bits per heavy atom. The highest BCUT2D eigenvalue weighted by atomic mass is 16.5. The number of ketones is 1. The number of imidazole rings is 1. The van der Waals surface area contributed by atoms with Gasteiger partial charge in [-0.25, -0.2) is 4.98 Å². The highest BCUT2D eigenvalue weighted by Crippen LogP contribution is 2.21. The second-order valence-corrected chi connectivity index (χ2v) is 5.38. The minimum Gasteiger partial charge on any atom is -0.368 e. The highest BCUT2D eigenvalue weighted by Gasteiger charge is 2.32. The van der Waals surface area contributed by atoms with Crippen LogP contribution in [0.4, 0.5) is 0 Å². The van der Waals surface area contributed by atoms with Gasteiger partial charge in [-0.3, -0.25) is 4.79 Å². The van der Waals surface area contributed by atoms with E-state index in [4.69, 9.17) is 4.74 Å². The number of hydrogen-bond donors (Lipinski definition) is 0. The van der Waals surface area contributed by atoms with Crippen molar-refractivity contribution >= 4 is 16.8 Å². The molecule has 4 nitrogen and oxygen atoms in total. The molecule has 1 heterocycles. The lowest BCUT2D eigenvalue weighted by Crippen LogP contribution is -2.39. The summed E-state index contributed by atoms with van der Waals surface area (Å²) in [5, 5.41) is 0. The Morgan fingerprint density at radius 1 is 1.29 bits per heavy atom. The van der Waals surface area contributed by atoms with Gasteiger partial charge in [0.2, 0.25) is 0 Å². The van der Waals surface area contributed by atoms with Crippen LogP contribution in [0.3, 0.4) is 0 Å². The second-order valence-electron chi connectivity index (χ2n) is 5.38. The van der Waals surface area contributed by atoms with Crippen molar-refractivity contribution in [2.24, 2.45) is 0 Å². The zero-order valence-electron chi connectivity index (χ0n) is 13.3. The van der Waals surface area contributed by atoms with E-state index in [9.17, 15) is 4.79 Å². The highest BCUT2D eigenvalue weighted by molar-refractivity contribution is 5.89. The number of aryl methyl sites for hydroxylation is 1. The quantitative estimate of drug-likeness (QED) is 0.784. The molecule has 1 atom stereocenters. The van der Waals surface area contributed by atoms with Gasteiger partial charge in [0.15, 0.2) is 5.78 Å². The number of benzene rings is 1. The summed E-state index contributed by atoms with van der Waals surface area (Å²) in [7, 11) is 0. The number of para-hydroxylation sites is 2. The Kier molecular flexibility index (Phi) is 4.78. The average Bonchev–Trinajstić information content (AvgIpc) is 2.84. The summed E-state index contributed by atoms with van der Waals surface area (Å²) < 4.78 is 7.78. The summed E-state index contributed by atoms with van der Waals surface area (Å²) in [5.74, 6) is 0.917. The monoisotopic (exact) mass is 288 g/mol. The Hall–Kier alpha value is -1.68. The Balaban J connectivity index is 2.33. The third-order valence-corrected chi connectivity index (χ3v) is 4.10. The molecule has 1 aromatic heterocycles. The van der Waals surface area contributed by atoms with Crippen LogP contribution in [0, 0.1) is 0 Å². The normalized spacial score (nSPS) is 14.3. The molecule has 0 amide bonds. The van der Waals surface area contributed by atoms with E-state index in [1.165, 1.54) is 0 Å². The average molecular weight is 288 g/mol. The number of carbonyl (C=O) groups is 1. The maximum Gasteiger partial charge on any atom is 0.171 e. The van der Waals surface area contributed by atoms with Crippen LogP contribution < -0.4 is 0 Å². The molecule has 2 aromatic rings. The zero-order valence-corrected chi connectivity index (χ0v) is 13.3. The zero-order chi connectivity index (χ0) is 15.5. The summed E-state index contributed by atoms with van der Waals surface area (Å²) in [6.45, 7) is 9.20. The molecule has 0 aliphatic rings. The van der Waals surface area contributed by atoms with Gasteiger partial charge < -0.3 is 9.30 Å². The molecular formula is C17H24N2O2. The van der Waals surface area contributed by atoms with Crippen molar-refractivity contribution in [2.75, 3.05) is 6.61 Å². The first-order valence-electron chi connectivity index (χ1n) is 7.67. The Bertz CT molecular complexity index is 633. The maximum atomic E-state index is 12.6. The largest absolute Gasteiger partial charge is 0.368 e. The summed E-state index contributed by atoms with van der Waals surface area (Å²) in [6, 6.07) is 7.99. The molecule has 21 heavy (non-hydrogen) atoms. The van der Waals surface area contributed by atoms with Gasteiger partial charge in [-0.2, -0.15) is 0 Å². The van der Waals surface area contributed by atoms with E-state index in [0.717, 1.165) is 23.4 Å². The molecule has 0 saturated carbocycles. The van der Waals surface area contributed by atoms with Crippen LogP contribution in [0.5, 0.6) is 0 Å². The van der Waals surface area contributed by atoms with Gasteiger partial charge in [0, 0.05) is 13.2 Å². The van der Waals surface area contributed by atoms with E-state index >= 15 is 0 Å². The van der Waals surface area contributed by atoms with Crippen molar-refractivity contribution < 1.29 is 9.53 Å². The predicted molar refractivity (Wildman–Crippen MR) is 84.4 cm³/mol. The number of Topliss-reactive ketones (excluding diaryl/α,β-unsaturated/α-hetero) is 1. The molecule has 0 radical (unpaired) electrons. The lowest BCUT2D eigenvalue weighted by atomic mass is 9.95. The van der Waals surface area contributed by atoms with E-state index in [2.05, 4.69) is 16.5 Å². The third-order valence-electron chi connectivity index (χ3n) is 4.10. The minimum atomic E-state index is -0.717. The first-order valence-corrected chi connectivity index (χ1v) is 7.67. The van der Waals surface area contributed by atoms with Gasteiger partial charge in [0.1, 0.15) is 11.4 Å². The molecule has 1 aromatic carbocycles. The van der Waals surface area contributed by atoms with Crippen LogP contribution in [0.15, 0.2) is 24.3 Å². The SMILES string of the molecule is CCOC(C)(CC)C(=O)Cc1nc2ccccc2n1CC. The summed E-state index contributed by atoms with van der Waals surface area (Å²) in [6.07, 6.45) is 0.985. The standard InChI is InChI=1S/C17H24N2O2/c1-5-17(4,21-7-3)15(20)12-16-18-13-10-8-9-11-14(13)19(16)6-2/h8-11H,5-7,12H2,1-4H3. The molecule has 0 fully saturated rings. The van der Waals surface area contributed by atoms with E-state index < -0.39 is 5.60 Å². The molecule has 0 aliphatic heterocycles. The predicted octanol–water partition coefficient (Wildman–Crippen LogP) is 3.37. The van der Waals surface area contributed by atoms with Gasteiger partial charge in [-0.05, 0) is 39.3 Å². The van der Waals surface area contributed by atoms with E-state index in [1.54, 1.807) is 0 Å². The first-order chi connectivity index (χ1) is 10.1. The number of aromatic nitrogens is 2. The van der Waals surface area contributed by atoms with Gasteiger partial charge in [-0.1, -0.05) is 19.1 Å². The Morgan fingerprint density at radius 2 is 2.00 bits per heavy atom. The number of ether oxygens (including phenoxy) is 1. The van der Waals surface area contributed by atoms with Crippen molar-refractivity contribution in [3.8, 4) is 0 Å². The molecule has 0 bridgehead atoms. The lowest BCUT2D eigenvalue weighted by Gasteiger charge is -2.26. The molecule has 0 N–H and O–H groups in total. The fourth-order valence-corrected chi connectivity index (χ4v) is 2.64. The lowest BCUT2D eigenvalue weighted by molar-refractivity contribution is -0.141. The van der Waals surface area contributed by atoms with Crippen LogP contribution >= 0.6 is 0 Å². The molecule has 1 unspecified atom stereocenters. The molecule has 4 heteroatoms. The van der Waals surface area contributed by atoms with Crippen LogP contribution in [0.25, 0.3) is 11.0 Å². The molecule has 0 saturated heterocycles. The van der Waals surface area contributed by atoms with Crippen LogP contribution in [0.2, 0.25) is 0 Å². The van der Waals surface area contributed by atoms with E-state index in [-0.39, 0.29) is 5.78 Å². The minimum absolute atomic E-state index is 0.0943. The van der Waals surface area contributed by atoms with E-state index in [1.807, 2.05) is 45.0 Å². The van der Waals surface area contributed by atoms with Crippen molar-refractivity contribution in [1.82, 2.24) is 9.55 Å². The topological polar surface area (TPSA) is 44.1 Å². The van der Waals surface area contributed by atoms with Crippen LogP contribution in [-0.2, 0) is 22.5 Å². The molecule has 2 rings (SSSR count). The number of fused-ring (bicyclic) bond motifs is 1. The number of nitrogens with zero attached hydrogens (tertiary/aromatic N) is 2. The van der Waals surface area contributed by atoms with Crippen LogP contribution in [0.1, 0.15) is 39.9 Å². The number of rotatable bonds is 7. The number of hydrogen-bond acceptors (Lipinski definition) is 3.